The summed E-state index contributed by atoms with van der Waals surface area (Å²) in [6.45, 7) is 0. The summed E-state index contributed by atoms with van der Waals surface area (Å²) < 4.78 is 1.91. The van der Waals surface area contributed by atoms with E-state index in [0.29, 0.717) is 11.3 Å². The molecule has 0 unspecified atom stereocenters. The second kappa shape index (κ2) is 4.32. The molecule has 0 bridgehead atoms. The standard InChI is InChI=1S/C16H13N3O/c1-19-15-8-12(20)5-6-13(15)14(9-17)16(19)10-3-2-4-11(18)7-10/h2-8,20H,18H2,1H3. The summed E-state index contributed by atoms with van der Waals surface area (Å²) in [7, 11) is 1.88. The van der Waals surface area contributed by atoms with Gasteiger partial charge in [0, 0.05) is 29.8 Å². The number of rotatable bonds is 1. The van der Waals surface area contributed by atoms with Gasteiger partial charge in [-0.25, -0.2) is 0 Å². The van der Waals surface area contributed by atoms with Gasteiger partial charge < -0.3 is 15.4 Å². The van der Waals surface area contributed by atoms with Crippen molar-refractivity contribution in [2.24, 2.45) is 7.05 Å². The van der Waals surface area contributed by atoms with Gasteiger partial charge in [0.1, 0.15) is 11.8 Å². The highest BCUT2D eigenvalue weighted by Gasteiger charge is 2.16. The fourth-order valence-corrected chi connectivity index (χ4v) is 2.56. The van der Waals surface area contributed by atoms with Crippen LogP contribution in [0.2, 0.25) is 0 Å². The van der Waals surface area contributed by atoms with Crippen molar-refractivity contribution in [1.82, 2.24) is 4.57 Å². The molecule has 4 heteroatoms. The predicted molar refractivity (Wildman–Crippen MR) is 79.1 cm³/mol. The Hall–Kier alpha value is -2.93. The Balaban J connectivity index is 2.42. The lowest BCUT2D eigenvalue weighted by Crippen LogP contribution is -1.94. The Labute approximate surface area is 116 Å². The Morgan fingerprint density at radius 1 is 1.20 bits per heavy atom. The molecule has 4 nitrogen and oxygen atoms in total. The average Bonchev–Trinajstić information content (AvgIpc) is 2.71. The number of aryl methyl sites for hydroxylation is 1. The van der Waals surface area contributed by atoms with Crippen molar-refractivity contribution in [2.75, 3.05) is 5.73 Å². The second-order valence-electron chi connectivity index (χ2n) is 4.72. The van der Waals surface area contributed by atoms with Crippen LogP contribution in [0.5, 0.6) is 5.75 Å². The lowest BCUT2D eigenvalue weighted by atomic mass is 10.1. The van der Waals surface area contributed by atoms with Gasteiger partial charge >= 0.3 is 0 Å². The number of fused-ring (bicyclic) bond motifs is 1. The summed E-state index contributed by atoms with van der Waals surface area (Å²) in [6, 6.07) is 14.7. The van der Waals surface area contributed by atoms with Crippen molar-refractivity contribution in [3.8, 4) is 23.1 Å². The first-order chi connectivity index (χ1) is 9.61. The van der Waals surface area contributed by atoms with Crippen molar-refractivity contribution in [3.05, 3.63) is 48.0 Å². The smallest absolute Gasteiger partial charge is 0.117 e. The number of phenolic OH excluding ortho intramolecular Hbond substituents is 1. The minimum absolute atomic E-state index is 0.182. The van der Waals surface area contributed by atoms with Crippen molar-refractivity contribution in [2.45, 2.75) is 0 Å². The topological polar surface area (TPSA) is 75.0 Å². The zero-order valence-electron chi connectivity index (χ0n) is 11.0. The first-order valence-electron chi connectivity index (χ1n) is 6.19. The van der Waals surface area contributed by atoms with Crippen LogP contribution in [0.3, 0.4) is 0 Å². The van der Waals surface area contributed by atoms with E-state index in [4.69, 9.17) is 5.73 Å². The lowest BCUT2D eigenvalue weighted by Gasteiger charge is -2.06. The van der Waals surface area contributed by atoms with Gasteiger partial charge in [-0.1, -0.05) is 12.1 Å². The van der Waals surface area contributed by atoms with Gasteiger partial charge in [0.05, 0.1) is 16.8 Å². The Morgan fingerprint density at radius 2 is 2.00 bits per heavy atom. The number of anilines is 1. The monoisotopic (exact) mass is 263 g/mol. The molecule has 0 saturated heterocycles. The minimum atomic E-state index is 0.182. The third kappa shape index (κ3) is 1.69. The molecule has 0 aliphatic carbocycles. The van der Waals surface area contributed by atoms with Crippen molar-refractivity contribution < 1.29 is 5.11 Å². The molecule has 0 radical (unpaired) electrons. The molecule has 3 N–H and O–H groups in total. The molecular weight excluding hydrogens is 250 g/mol. The summed E-state index contributed by atoms with van der Waals surface area (Å²) in [4.78, 5) is 0. The Morgan fingerprint density at radius 3 is 2.70 bits per heavy atom. The van der Waals surface area contributed by atoms with Crippen LogP contribution in [-0.2, 0) is 7.05 Å². The number of nitrogens with two attached hydrogens (primary N) is 1. The number of hydrogen-bond donors (Lipinski definition) is 2. The highest BCUT2D eigenvalue weighted by molar-refractivity contribution is 5.95. The van der Waals surface area contributed by atoms with E-state index in [1.807, 2.05) is 35.9 Å². The normalized spacial score (nSPS) is 10.6. The lowest BCUT2D eigenvalue weighted by molar-refractivity contribution is 0.476. The zero-order chi connectivity index (χ0) is 14.3. The molecule has 0 spiro atoms. The maximum Gasteiger partial charge on any atom is 0.117 e. The van der Waals surface area contributed by atoms with Gasteiger partial charge in [-0.3, -0.25) is 0 Å². The van der Waals surface area contributed by atoms with E-state index >= 15 is 0 Å². The molecule has 0 aliphatic heterocycles. The molecule has 3 rings (SSSR count). The molecule has 0 saturated carbocycles. The number of benzene rings is 2. The summed E-state index contributed by atoms with van der Waals surface area (Å²) in [5.41, 5.74) is 9.58. The maximum absolute atomic E-state index is 9.63. The highest BCUT2D eigenvalue weighted by atomic mass is 16.3. The molecule has 2 aromatic carbocycles. The van der Waals surface area contributed by atoms with Crippen LogP contribution in [0.1, 0.15) is 5.56 Å². The van der Waals surface area contributed by atoms with Gasteiger partial charge in [-0.05, 0) is 24.3 Å². The van der Waals surface area contributed by atoms with Crippen molar-refractivity contribution in [3.63, 3.8) is 0 Å². The maximum atomic E-state index is 9.63. The SMILES string of the molecule is Cn1c(-c2cccc(N)c2)c(C#N)c2ccc(O)cc21. The van der Waals surface area contributed by atoms with E-state index < -0.39 is 0 Å². The van der Waals surface area contributed by atoms with Crippen molar-refractivity contribution >= 4 is 16.6 Å². The molecule has 0 amide bonds. The summed E-state index contributed by atoms with van der Waals surface area (Å²) in [5, 5.41) is 19.9. The first kappa shape index (κ1) is 12.1. The number of hydrogen-bond acceptors (Lipinski definition) is 3. The largest absolute Gasteiger partial charge is 0.508 e. The summed E-state index contributed by atoms with van der Waals surface area (Å²) in [5.74, 6) is 0.182. The number of nitrogens with zero attached hydrogens (tertiary/aromatic N) is 2. The van der Waals surface area contributed by atoms with E-state index in [1.54, 1.807) is 18.2 Å². The van der Waals surface area contributed by atoms with Gasteiger partial charge in [0.15, 0.2) is 0 Å². The van der Waals surface area contributed by atoms with Crippen LogP contribution in [0.15, 0.2) is 42.5 Å². The van der Waals surface area contributed by atoms with Crippen LogP contribution >= 0.6 is 0 Å². The fourth-order valence-electron chi connectivity index (χ4n) is 2.56. The number of aromatic hydroxyl groups is 1. The van der Waals surface area contributed by atoms with Gasteiger partial charge in [-0.15, -0.1) is 0 Å². The van der Waals surface area contributed by atoms with Gasteiger partial charge in [-0.2, -0.15) is 5.26 Å². The number of aromatic nitrogens is 1. The Kier molecular flexibility index (Phi) is 2.62. The molecule has 0 atom stereocenters. The average molecular weight is 263 g/mol. The number of phenols is 1. The second-order valence-corrected chi connectivity index (χ2v) is 4.72. The van der Waals surface area contributed by atoms with E-state index in [0.717, 1.165) is 22.2 Å². The fraction of sp³-hybridized carbons (Fsp3) is 0.0625. The predicted octanol–water partition coefficient (Wildman–Crippen LogP) is 3.00. The van der Waals surface area contributed by atoms with E-state index in [-0.39, 0.29) is 5.75 Å². The molecule has 0 fully saturated rings. The van der Waals surface area contributed by atoms with Crippen LogP contribution in [-0.4, -0.2) is 9.67 Å². The van der Waals surface area contributed by atoms with Crippen LogP contribution in [0, 0.1) is 11.3 Å². The number of nitriles is 1. The Bertz CT molecular complexity index is 856. The molecule has 1 heterocycles. The highest BCUT2D eigenvalue weighted by Crippen LogP contribution is 2.34. The summed E-state index contributed by atoms with van der Waals surface area (Å²) in [6.07, 6.45) is 0. The molecule has 98 valence electrons. The van der Waals surface area contributed by atoms with E-state index in [2.05, 4.69) is 6.07 Å². The van der Waals surface area contributed by atoms with Gasteiger partial charge in [0.25, 0.3) is 0 Å². The van der Waals surface area contributed by atoms with E-state index in [1.165, 1.54) is 0 Å². The first-order valence-corrected chi connectivity index (χ1v) is 6.19. The van der Waals surface area contributed by atoms with E-state index in [9.17, 15) is 10.4 Å². The molecule has 0 aliphatic rings. The zero-order valence-corrected chi connectivity index (χ0v) is 11.0. The molecular formula is C16H13N3O. The minimum Gasteiger partial charge on any atom is -0.508 e. The number of nitrogen functional groups attached to an aromatic ring is 1. The molecule has 3 aromatic rings. The third-order valence-corrected chi connectivity index (χ3v) is 3.46. The van der Waals surface area contributed by atoms with Crippen LogP contribution < -0.4 is 5.73 Å². The molecule has 20 heavy (non-hydrogen) atoms. The third-order valence-electron chi connectivity index (χ3n) is 3.46. The van der Waals surface area contributed by atoms with Crippen LogP contribution in [0.4, 0.5) is 5.69 Å². The van der Waals surface area contributed by atoms with Gasteiger partial charge in [0.2, 0.25) is 0 Å². The summed E-state index contributed by atoms with van der Waals surface area (Å²) >= 11 is 0. The van der Waals surface area contributed by atoms with Crippen LogP contribution in [0.25, 0.3) is 22.2 Å². The quantitative estimate of drug-likeness (QED) is 0.663. The van der Waals surface area contributed by atoms with Crippen molar-refractivity contribution in [1.29, 1.82) is 5.26 Å². The molecule has 1 aromatic heterocycles.